The predicted molar refractivity (Wildman–Crippen MR) is 108 cm³/mol. The number of methoxy groups -OCH3 is 1. The van der Waals surface area contributed by atoms with E-state index in [0.29, 0.717) is 6.42 Å². The second kappa shape index (κ2) is 8.95. The SMILES string of the molecule is COc1cccc(C(C)CC(=O)NC2CCCc3cc(N)ccc32)c1.Cl. The molecule has 1 aliphatic rings. The molecule has 2 aromatic carbocycles. The number of benzene rings is 2. The standard InChI is InChI=1S/C21H26N2O2.ClH/c1-14(15-5-3-7-18(13-15)25-2)11-21(24)23-20-8-4-6-16-12-17(22)9-10-19(16)20;/h3,5,7,9-10,12-14,20H,4,6,8,11,22H2,1-2H3,(H,23,24);1H. The summed E-state index contributed by atoms with van der Waals surface area (Å²) in [6, 6.07) is 14.0. The third kappa shape index (κ3) is 4.70. The fourth-order valence-corrected chi connectivity index (χ4v) is 3.58. The number of anilines is 1. The lowest BCUT2D eigenvalue weighted by molar-refractivity contribution is -0.122. The summed E-state index contributed by atoms with van der Waals surface area (Å²) < 4.78 is 5.27. The van der Waals surface area contributed by atoms with Gasteiger partial charge < -0.3 is 15.8 Å². The van der Waals surface area contributed by atoms with E-state index in [2.05, 4.69) is 18.3 Å². The van der Waals surface area contributed by atoms with Gasteiger partial charge in [-0.2, -0.15) is 0 Å². The van der Waals surface area contributed by atoms with Crippen LogP contribution in [0.25, 0.3) is 0 Å². The topological polar surface area (TPSA) is 64.3 Å². The average Bonchev–Trinajstić information content (AvgIpc) is 2.61. The van der Waals surface area contributed by atoms with Crippen molar-refractivity contribution in [3.63, 3.8) is 0 Å². The van der Waals surface area contributed by atoms with E-state index in [1.165, 1.54) is 11.1 Å². The predicted octanol–water partition coefficient (Wildman–Crippen LogP) is 4.39. The van der Waals surface area contributed by atoms with Gasteiger partial charge in [-0.25, -0.2) is 0 Å². The number of halogens is 1. The van der Waals surface area contributed by atoms with Gasteiger partial charge in [-0.3, -0.25) is 4.79 Å². The van der Waals surface area contributed by atoms with Crippen LogP contribution in [-0.2, 0) is 11.2 Å². The maximum Gasteiger partial charge on any atom is 0.221 e. The summed E-state index contributed by atoms with van der Waals surface area (Å²) in [5, 5.41) is 3.21. The largest absolute Gasteiger partial charge is 0.497 e. The molecule has 0 bridgehead atoms. The Balaban J connectivity index is 0.00000243. The number of rotatable bonds is 5. The Kier molecular flexibility index (Phi) is 6.92. The molecule has 26 heavy (non-hydrogen) atoms. The van der Waals surface area contributed by atoms with E-state index in [1.807, 2.05) is 36.4 Å². The highest BCUT2D eigenvalue weighted by Gasteiger charge is 2.22. The van der Waals surface area contributed by atoms with Gasteiger partial charge in [0.05, 0.1) is 13.2 Å². The summed E-state index contributed by atoms with van der Waals surface area (Å²) in [4.78, 5) is 12.6. The molecule has 1 amide bonds. The number of carbonyl (C=O) groups is 1. The van der Waals surface area contributed by atoms with Crippen LogP contribution in [0, 0.1) is 0 Å². The lowest BCUT2D eigenvalue weighted by Gasteiger charge is -2.27. The monoisotopic (exact) mass is 374 g/mol. The molecule has 0 aromatic heterocycles. The zero-order chi connectivity index (χ0) is 17.8. The molecule has 2 aromatic rings. The molecule has 140 valence electrons. The maximum absolute atomic E-state index is 12.6. The van der Waals surface area contributed by atoms with Crippen molar-refractivity contribution in [3.05, 3.63) is 59.2 Å². The van der Waals surface area contributed by atoms with Crippen LogP contribution < -0.4 is 15.8 Å². The van der Waals surface area contributed by atoms with Crippen LogP contribution in [0.2, 0.25) is 0 Å². The number of ether oxygens (including phenoxy) is 1. The summed E-state index contributed by atoms with van der Waals surface area (Å²) >= 11 is 0. The number of amides is 1. The van der Waals surface area contributed by atoms with Crippen LogP contribution in [0.15, 0.2) is 42.5 Å². The molecule has 2 unspecified atom stereocenters. The Morgan fingerprint density at radius 1 is 1.31 bits per heavy atom. The second-order valence-electron chi connectivity index (χ2n) is 6.85. The van der Waals surface area contributed by atoms with E-state index in [0.717, 1.165) is 36.3 Å². The maximum atomic E-state index is 12.6. The normalized spacial score (nSPS) is 16.8. The van der Waals surface area contributed by atoms with Crippen molar-refractivity contribution in [3.8, 4) is 5.75 Å². The van der Waals surface area contributed by atoms with E-state index < -0.39 is 0 Å². The summed E-state index contributed by atoms with van der Waals surface area (Å²) in [5.41, 5.74) is 10.3. The number of hydrogen-bond acceptors (Lipinski definition) is 3. The van der Waals surface area contributed by atoms with Crippen molar-refractivity contribution in [1.82, 2.24) is 5.32 Å². The molecule has 0 saturated heterocycles. The van der Waals surface area contributed by atoms with Crippen LogP contribution in [0.4, 0.5) is 5.69 Å². The Hall–Kier alpha value is -2.20. The van der Waals surface area contributed by atoms with Crippen LogP contribution in [0.1, 0.15) is 54.8 Å². The fraction of sp³-hybridized carbons (Fsp3) is 0.381. The first kappa shape index (κ1) is 20.1. The Labute approximate surface area is 161 Å². The molecule has 1 aliphatic carbocycles. The van der Waals surface area contributed by atoms with Gasteiger partial charge in [0, 0.05) is 12.1 Å². The van der Waals surface area contributed by atoms with E-state index >= 15 is 0 Å². The number of nitrogens with one attached hydrogen (secondary N) is 1. The number of carbonyl (C=O) groups excluding carboxylic acids is 1. The van der Waals surface area contributed by atoms with Crippen LogP contribution in [0.3, 0.4) is 0 Å². The van der Waals surface area contributed by atoms with Gasteiger partial charge >= 0.3 is 0 Å². The number of aryl methyl sites for hydroxylation is 1. The fourth-order valence-electron chi connectivity index (χ4n) is 3.58. The molecule has 2 atom stereocenters. The molecule has 3 N–H and O–H groups in total. The zero-order valence-electron chi connectivity index (χ0n) is 15.3. The highest BCUT2D eigenvalue weighted by Crippen LogP contribution is 2.31. The molecule has 0 spiro atoms. The number of fused-ring (bicyclic) bond motifs is 1. The van der Waals surface area contributed by atoms with Crippen molar-refractivity contribution in [2.45, 2.75) is 44.6 Å². The van der Waals surface area contributed by atoms with Gasteiger partial charge in [0.2, 0.25) is 5.91 Å². The Bertz CT molecular complexity index is 763. The molecule has 0 radical (unpaired) electrons. The lowest BCUT2D eigenvalue weighted by atomic mass is 9.87. The molecule has 0 fully saturated rings. The van der Waals surface area contributed by atoms with Gasteiger partial charge in [0.15, 0.2) is 0 Å². The van der Waals surface area contributed by atoms with Crippen molar-refractivity contribution >= 4 is 24.0 Å². The van der Waals surface area contributed by atoms with Crippen LogP contribution >= 0.6 is 12.4 Å². The van der Waals surface area contributed by atoms with Crippen molar-refractivity contribution in [1.29, 1.82) is 0 Å². The summed E-state index contributed by atoms with van der Waals surface area (Å²) in [6.45, 7) is 2.07. The first-order valence-electron chi connectivity index (χ1n) is 8.88. The first-order chi connectivity index (χ1) is 12.1. The summed E-state index contributed by atoms with van der Waals surface area (Å²) in [7, 11) is 1.66. The molecule has 0 heterocycles. The zero-order valence-corrected chi connectivity index (χ0v) is 16.1. The Morgan fingerprint density at radius 2 is 2.12 bits per heavy atom. The second-order valence-corrected chi connectivity index (χ2v) is 6.85. The van der Waals surface area contributed by atoms with Gasteiger partial charge in [0.25, 0.3) is 0 Å². The molecule has 5 heteroatoms. The van der Waals surface area contributed by atoms with Gasteiger partial charge in [-0.15, -0.1) is 12.4 Å². The minimum Gasteiger partial charge on any atom is -0.497 e. The molecular weight excluding hydrogens is 348 g/mol. The average molecular weight is 375 g/mol. The van der Waals surface area contributed by atoms with Crippen molar-refractivity contribution < 1.29 is 9.53 Å². The smallest absolute Gasteiger partial charge is 0.221 e. The molecule has 0 saturated carbocycles. The van der Waals surface area contributed by atoms with Crippen molar-refractivity contribution in [2.75, 3.05) is 12.8 Å². The summed E-state index contributed by atoms with van der Waals surface area (Å²) in [6.07, 6.45) is 3.56. The van der Waals surface area contributed by atoms with Gasteiger partial charge in [0.1, 0.15) is 5.75 Å². The molecular formula is C21H27ClN2O2. The number of hydrogen-bond donors (Lipinski definition) is 2. The minimum atomic E-state index is 0. The first-order valence-corrected chi connectivity index (χ1v) is 8.88. The molecule has 3 rings (SSSR count). The van der Waals surface area contributed by atoms with Crippen LogP contribution in [-0.4, -0.2) is 13.0 Å². The third-order valence-electron chi connectivity index (χ3n) is 4.97. The van der Waals surface area contributed by atoms with E-state index in [4.69, 9.17) is 10.5 Å². The lowest BCUT2D eigenvalue weighted by Crippen LogP contribution is -2.31. The number of nitrogen functional groups attached to an aromatic ring is 1. The van der Waals surface area contributed by atoms with E-state index in [-0.39, 0.29) is 30.3 Å². The summed E-state index contributed by atoms with van der Waals surface area (Å²) in [5.74, 6) is 1.05. The highest BCUT2D eigenvalue weighted by molar-refractivity contribution is 5.85. The quantitative estimate of drug-likeness (QED) is 0.763. The van der Waals surface area contributed by atoms with Crippen LogP contribution in [0.5, 0.6) is 5.75 Å². The third-order valence-corrected chi connectivity index (χ3v) is 4.97. The van der Waals surface area contributed by atoms with Gasteiger partial charge in [-0.05, 0) is 66.1 Å². The van der Waals surface area contributed by atoms with E-state index in [9.17, 15) is 4.79 Å². The molecule has 0 aliphatic heterocycles. The van der Waals surface area contributed by atoms with Gasteiger partial charge in [-0.1, -0.05) is 25.1 Å². The minimum absolute atomic E-state index is 0. The number of nitrogens with two attached hydrogens (primary N) is 1. The highest BCUT2D eigenvalue weighted by atomic mass is 35.5. The van der Waals surface area contributed by atoms with E-state index in [1.54, 1.807) is 7.11 Å². The Morgan fingerprint density at radius 3 is 2.88 bits per heavy atom. The molecule has 4 nitrogen and oxygen atoms in total. The van der Waals surface area contributed by atoms with Crippen molar-refractivity contribution in [2.24, 2.45) is 0 Å².